The number of fused-ring (bicyclic) bond motifs is 1. The van der Waals surface area contributed by atoms with Gasteiger partial charge in [-0.2, -0.15) is 13.2 Å². The van der Waals surface area contributed by atoms with Gasteiger partial charge in [0.2, 0.25) is 0 Å². The number of nitrogens with one attached hydrogen (secondary N) is 1. The molecule has 0 atom stereocenters. The Bertz CT molecular complexity index is 915. The molecular weight excluding hydrogens is 353 g/mol. The van der Waals surface area contributed by atoms with E-state index >= 15 is 0 Å². The van der Waals surface area contributed by atoms with E-state index in [0.29, 0.717) is 36.4 Å². The number of halogens is 3. The van der Waals surface area contributed by atoms with Gasteiger partial charge in [0.1, 0.15) is 5.75 Å². The number of aromatic nitrogens is 1. The number of unbranched alkanes of at least 4 members (excludes halogenated alkanes) is 1. The molecule has 0 unspecified atom stereocenters. The molecule has 3 rings (SSSR count). The Morgan fingerprint density at radius 3 is 2.52 bits per heavy atom. The maximum Gasteiger partial charge on any atom is 0.418 e. The lowest BCUT2D eigenvalue weighted by Crippen LogP contribution is -2.05. The smallest absolute Gasteiger partial charge is 0.418 e. The molecule has 2 aromatic carbocycles. The number of rotatable bonds is 7. The van der Waals surface area contributed by atoms with Crippen LogP contribution in [-0.2, 0) is 12.6 Å². The lowest BCUT2D eigenvalue weighted by atomic mass is 9.99. The number of H-pyrrole nitrogens is 1. The van der Waals surface area contributed by atoms with Crippen LogP contribution in [0.15, 0.2) is 42.5 Å². The van der Waals surface area contributed by atoms with E-state index in [1.807, 2.05) is 31.2 Å². The second kappa shape index (κ2) is 8.05. The molecule has 6 heteroatoms. The third-order valence-corrected chi connectivity index (χ3v) is 4.58. The summed E-state index contributed by atoms with van der Waals surface area (Å²) in [6, 6.07) is 11.7. The van der Waals surface area contributed by atoms with Crippen molar-refractivity contribution in [2.75, 3.05) is 13.2 Å². The second-order valence-corrected chi connectivity index (χ2v) is 6.38. The van der Waals surface area contributed by atoms with E-state index in [0.717, 1.165) is 30.0 Å². The first-order valence-electron chi connectivity index (χ1n) is 9.10. The van der Waals surface area contributed by atoms with Crippen molar-refractivity contribution >= 4 is 10.9 Å². The highest BCUT2D eigenvalue weighted by atomic mass is 19.4. The van der Waals surface area contributed by atoms with Gasteiger partial charge in [-0.1, -0.05) is 24.3 Å². The Kier molecular flexibility index (Phi) is 5.75. The molecule has 144 valence electrons. The van der Waals surface area contributed by atoms with Gasteiger partial charge >= 0.3 is 6.18 Å². The Hall–Kier alpha value is -2.47. The summed E-state index contributed by atoms with van der Waals surface area (Å²) in [7, 11) is 0. The average molecular weight is 376 g/mol. The number of alkyl halides is 3. The molecule has 0 fully saturated rings. The van der Waals surface area contributed by atoms with Crippen LogP contribution in [0.5, 0.6) is 5.75 Å². The standard InChI is InChI=1S/C21H23F3N2O/c1-2-27-18-12-4-3-9-16(18)19-14(8-5-6-13-25)15-10-7-11-17(20(15)26-19)21(22,23)24/h3-4,7,9-12,26H,2,5-6,8,13,25H2,1H3. The number of para-hydroxylation sites is 2. The first kappa shape index (κ1) is 19.3. The maximum absolute atomic E-state index is 13.5. The van der Waals surface area contributed by atoms with Crippen molar-refractivity contribution in [1.82, 2.24) is 4.98 Å². The Morgan fingerprint density at radius 1 is 1.04 bits per heavy atom. The van der Waals surface area contributed by atoms with Crippen molar-refractivity contribution in [1.29, 1.82) is 0 Å². The van der Waals surface area contributed by atoms with Crippen LogP contribution in [0, 0.1) is 0 Å². The first-order valence-corrected chi connectivity index (χ1v) is 9.10. The molecule has 3 aromatic rings. The Balaban J connectivity index is 2.23. The van der Waals surface area contributed by atoms with Crippen molar-refractivity contribution in [2.24, 2.45) is 5.73 Å². The molecule has 1 heterocycles. The quantitative estimate of drug-likeness (QED) is 0.533. The third-order valence-electron chi connectivity index (χ3n) is 4.58. The van der Waals surface area contributed by atoms with Gasteiger partial charge in [-0.15, -0.1) is 0 Å². The van der Waals surface area contributed by atoms with E-state index in [-0.39, 0.29) is 5.52 Å². The fourth-order valence-electron chi connectivity index (χ4n) is 3.40. The molecule has 0 aliphatic carbocycles. The van der Waals surface area contributed by atoms with Crippen molar-refractivity contribution in [2.45, 2.75) is 32.4 Å². The molecule has 3 N–H and O–H groups in total. The van der Waals surface area contributed by atoms with E-state index in [4.69, 9.17) is 10.5 Å². The summed E-state index contributed by atoms with van der Waals surface area (Å²) in [5.74, 6) is 0.653. The highest BCUT2D eigenvalue weighted by molar-refractivity contribution is 5.94. The van der Waals surface area contributed by atoms with Crippen molar-refractivity contribution < 1.29 is 17.9 Å². The third kappa shape index (κ3) is 3.95. The number of aromatic amines is 1. The fourth-order valence-corrected chi connectivity index (χ4v) is 3.40. The average Bonchev–Trinajstić information content (AvgIpc) is 3.00. The van der Waals surface area contributed by atoms with Crippen LogP contribution in [0.2, 0.25) is 0 Å². The number of hydrogen-bond donors (Lipinski definition) is 2. The summed E-state index contributed by atoms with van der Waals surface area (Å²) in [5.41, 5.74) is 7.39. The van der Waals surface area contributed by atoms with Crippen LogP contribution < -0.4 is 10.5 Å². The number of benzene rings is 2. The zero-order chi connectivity index (χ0) is 19.4. The normalized spacial score (nSPS) is 11.9. The van der Waals surface area contributed by atoms with E-state index < -0.39 is 11.7 Å². The van der Waals surface area contributed by atoms with Crippen molar-refractivity contribution in [3.63, 3.8) is 0 Å². The molecule has 3 nitrogen and oxygen atoms in total. The van der Waals surface area contributed by atoms with Crippen molar-refractivity contribution in [3.05, 3.63) is 53.6 Å². The van der Waals surface area contributed by atoms with Gasteiger partial charge in [0.15, 0.2) is 0 Å². The second-order valence-electron chi connectivity index (χ2n) is 6.38. The van der Waals surface area contributed by atoms with Gasteiger partial charge in [0.05, 0.1) is 23.4 Å². The summed E-state index contributed by atoms with van der Waals surface area (Å²) in [6.07, 6.45) is -2.15. The number of hydrogen-bond acceptors (Lipinski definition) is 2. The summed E-state index contributed by atoms with van der Waals surface area (Å²) < 4.78 is 46.2. The maximum atomic E-state index is 13.5. The van der Waals surface area contributed by atoms with Gasteiger partial charge in [0, 0.05) is 10.9 Å². The molecule has 0 aliphatic heterocycles. The van der Waals surface area contributed by atoms with Crippen LogP contribution in [0.25, 0.3) is 22.2 Å². The van der Waals surface area contributed by atoms with Gasteiger partial charge in [0.25, 0.3) is 0 Å². The predicted octanol–water partition coefficient (Wildman–Crippen LogP) is 5.53. The number of nitrogens with two attached hydrogens (primary N) is 1. The predicted molar refractivity (Wildman–Crippen MR) is 102 cm³/mol. The van der Waals surface area contributed by atoms with Crippen LogP contribution >= 0.6 is 0 Å². The number of ether oxygens (including phenoxy) is 1. The summed E-state index contributed by atoms with van der Waals surface area (Å²) >= 11 is 0. The molecule has 0 spiro atoms. The molecule has 1 aromatic heterocycles. The summed E-state index contributed by atoms with van der Waals surface area (Å²) in [6.45, 7) is 2.92. The molecule has 0 radical (unpaired) electrons. The van der Waals surface area contributed by atoms with Gasteiger partial charge in [-0.25, -0.2) is 0 Å². The zero-order valence-electron chi connectivity index (χ0n) is 15.2. The molecule has 0 amide bonds. The Labute approximate surface area is 156 Å². The Morgan fingerprint density at radius 2 is 1.81 bits per heavy atom. The minimum atomic E-state index is -4.42. The van der Waals surface area contributed by atoms with Crippen LogP contribution in [-0.4, -0.2) is 18.1 Å². The molecular formula is C21H23F3N2O. The molecule has 0 aliphatic rings. The van der Waals surface area contributed by atoms with Crippen LogP contribution in [0.3, 0.4) is 0 Å². The van der Waals surface area contributed by atoms with Gasteiger partial charge in [-0.05, 0) is 56.5 Å². The highest BCUT2D eigenvalue weighted by Crippen LogP contribution is 2.41. The fraction of sp³-hybridized carbons (Fsp3) is 0.333. The van der Waals surface area contributed by atoms with Gasteiger partial charge in [-0.3, -0.25) is 0 Å². The van der Waals surface area contributed by atoms with Crippen LogP contribution in [0.4, 0.5) is 13.2 Å². The van der Waals surface area contributed by atoms with Crippen LogP contribution in [0.1, 0.15) is 30.9 Å². The molecule has 0 saturated carbocycles. The van der Waals surface area contributed by atoms with E-state index in [1.165, 1.54) is 6.07 Å². The zero-order valence-corrected chi connectivity index (χ0v) is 15.2. The molecule has 27 heavy (non-hydrogen) atoms. The van der Waals surface area contributed by atoms with Gasteiger partial charge < -0.3 is 15.5 Å². The minimum absolute atomic E-state index is 0.119. The van der Waals surface area contributed by atoms with Crippen molar-refractivity contribution in [3.8, 4) is 17.0 Å². The van der Waals surface area contributed by atoms with E-state index in [2.05, 4.69) is 4.98 Å². The monoisotopic (exact) mass is 376 g/mol. The SMILES string of the molecule is CCOc1ccccc1-c1[nH]c2c(C(F)(F)F)cccc2c1CCCCN. The topological polar surface area (TPSA) is 51.0 Å². The minimum Gasteiger partial charge on any atom is -0.493 e. The number of aryl methyl sites for hydroxylation is 1. The van der Waals surface area contributed by atoms with E-state index in [1.54, 1.807) is 6.07 Å². The highest BCUT2D eigenvalue weighted by Gasteiger charge is 2.34. The summed E-state index contributed by atoms with van der Waals surface area (Å²) in [4.78, 5) is 3.05. The lowest BCUT2D eigenvalue weighted by Gasteiger charge is -2.11. The summed E-state index contributed by atoms with van der Waals surface area (Å²) in [5, 5.41) is 0.600. The molecule has 0 saturated heterocycles. The largest absolute Gasteiger partial charge is 0.493 e. The molecule has 0 bridgehead atoms. The first-order chi connectivity index (χ1) is 13.0. The lowest BCUT2D eigenvalue weighted by molar-refractivity contribution is -0.136. The van der Waals surface area contributed by atoms with E-state index in [9.17, 15) is 13.2 Å².